The topological polar surface area (TPSA) is 54.0 Å². The van der Waals surface area contributed by atoms with E-state index >= 15 is 0 Å². The van der Waals surface area contributed by atoms with Gasteiger partial charge in [-0.3, -0.25) is 4.79 Å². The maximum Gasteiger partial charge on any atom is 0.157 e. The zero-order valence-electron chi connectivity index (χ0n) is 14.8. The Morgan fingerprint density at radius 1 is 1.35 bits per heavy atom. The molecule has 2 fully saturated rings. The lowest BCUT2D eigenvalue weighted by atomic mass is 9.54. The largest absolute Gasteiger partial charge is 0.359 e. The van der Waals surface area contributed by atoms with Crippen LogP contribution < -0.4 is 0 Å². The van der Waals surface area contributed by atoms with Gasteiger partial charge in [0.15, 0.2) is 6.29 Å². The minimum atomic E-state index is -0.638. The van der Waals surface area contributed by atoms with Crippen molar-refractivity contribution in [3.63, 3.8) is 0 Å². The highest BCUT2D eigenvalue weighted by molar-refractivity contribution is 5.91. The Balaban J connectivity index is 2.33. The molecule has 132 valence electrons. The van der Waals surface area contributed by atoms with Gasteiger partial charge in [-0.15, -0.1) is 6.58 Å². The lowest BCUT2D eigenvalue weighted by molar-refractivity contribution is -0.171. The highest BCUT2D eigenvalue weighted by Crippen LogP contribution is 2.64. The van der Waals surface area contributed by atoms with Crippen LogP contribution in [0.3, 0.4) is 0 Å². The third-order valence-corrected chi connectivity index (χ3v) is 6.12. The Morgan fingerprint density at radius 3 is 2.61 bits per heavy atom. The molecule has 23 heavy (non-hydrogen) atoms. The molecule has 0 aliphatic heterocycles. The third kappa shape index (κ3) is 2.88. The maximum atomic E-state index is 13.0. The Labute approximate surface area is 139 Å². The predicted octanol–water partition coefficient (Wildman–Crippen LogP) is 2.94. The van der Waals surface area contributed by atoms with Crippen LogP contribution in [0.25, 0.3) is 0 Å². The first kappa shape index (κ1) is 18.6. The second-order valence-corrected chi connectivity index (χ2v) is 6.91. The van der Waals surface area contributed by atoms with Crippen LogP contribution >= 0.6 is 0 Å². The number of Topliss-reactive ketones (excluding diaryl/α,β-unsaturated/α-hetero) is 1. The molecule has 5 heteroatoms. The number of ether oxygens (including phenoxy) is 4. The van der Waals surface area contributed by atoms with Gasteiger partial charge in [-0.25, -0.2) is 0 Å². The van der Waals surface area contributed by atoms with Crippen molar-refractivity contribution in [2.45, 2.75) is 51.4 Å². The smallest absolute Gasteiger partial charge is 0.157 e. The minimum Gasteiger partial charge on any atom is -0.359 e. The van der Waals surface area contributed by atoms with Crippen LogP contribution in [-0.4, -0.2) is 46.3 Å². The van der Waals surface area contributed by atoms with Crippen molar-refractivity contribution >= 4 is 5.78 Å². The van der Waals surface area contributed by atoms with E-state index in [1.807, 2.05) is 6.08 Å². The van der Waals surface area contributed by atoms with E-state index in [9.17, 15) is 4.79 Å². The summed E-state index contributed by atoms with van der Waals surface area (Å²) >= 11 is 0. The molecule has 0 aromatic rings. The van der Waals surface area contributed by atoms with Crippen LogP contribution in [0.2, 0.25) is 0 Å². The molecule has 0 N–H and O–H groups in total. The van der Waals surface area contributed by atoms with Gasteiger partial charge in [-0.1, -0.05) is 19.4 Å². The van der Waals surface area contributed by atoms with E-state index in [4.69, 9.17) is 18.9 Å². The normalized spacial score (nSPS) is 37.2. The zero-order chi connectivity index (χ0) is 17.1. The van der Waals surface area contributed by atoms with Gasteiger partial charge in [-0.05, 0) is 24.2 Å². The highest BCUT2D eigenvalue weighted by Gasteiger charge is 2.65. The second kappa shape index (κ2) is 7.43. The van der Waals surface area contributed by atoms with Crippen LogP contribution in [-0.2, 0) is 23.7 Å². The van der Waals surface area contributed by atoms with E-state index in [0.717, 1.165) is 19.3 Å². The van der Waals surface area contributed by atoms with Gasteiger partial charge in [0.1, 0.15) is 12.6 Å². The summed E-state index contributed by atoms with van der Waals surface area (Å²) < 4.78 is 21.7. The monoisotopic (exact) mass is 326 g/mol. The standard InChI is InChI=1S/C18H30O5/c1-6-18-14(19)10-13(11-16(21-4)22-5)17(18,2)9-7-8-15(18)23-12-20-3/h6,13,15-16H,1,7-12H2,2-5H3/t13-,15+,17-,18+/m1/s1. The van der Waals surface area contributed by atoms with E-state index < -0.39 is 5.41 Å². The summed E-state index contributed by atoms with van der Waals surface area (Å²) in [5, 5.41) is 0. The maximum absolute atomic E-state index is 13.0. The van der Waals surface area contributed by atoms with Crippen molar-refractivity contribution in [2.75, 3.05) is 28.1 Å². The third-order valence-electron chi connectivity index (χ3n) is 6.12. The second-order valence-electron chi connectivity index (χ2n) is 6.91. The number of rotatable bonds is 8. The van der Waals surface area contributed by atoms with Crippen LogP contribution in [0.4, 0.5) is 0 Å². The summed E-state index contributed by atoms with van der Waals surface area (Å²) in [4.78, 5) is 13.0. The van der Waals surface area contributed by atoms with Gasteiger partial charge in [0.2, 0.25) is 0 Å². The van der Waals surface area contributed by atoms with Crippen LogP contribution in [0.5, 0.6) is 0 Å². The quantitative estimate of drug-likeness (QED) is 0.507. The van der Waals surface area contributed by atoms with Crippen molar-refractivity contribution < 1.29 is 23.7 Å². The Bertz CT molecular complexity index is 433. The van der Waals surface area contributed by atoms with Crippen molar-refractivity contribution in [3.05, 3.63) is 12.7 Å². The molecule has 0 aromatic heterocycles. The van der Waals surface area contributed by atoms with Gasteiger partial charge in [-0.2, -0.15) is 0 Å². The number of ketones is 1. The molecule has 0 spiro atoms. The van der Waals surface area contributed by atoms with Crippen LogP contribution in [0, 0.1) is 16.7 Å². The van der Waals surface area contributed by atoms with E-state index in [2.05, 4.69) is 13.5 Å². The molecule has 0 bridgehead atoms. The number of methoxy groups -OCH3 is 3. The van der Waals surface area contributed by atoms with Gasteiger partial charge in [0.25, 0.3) is 0 Å². The Kier molecular flexibility index (Phi) is 6.00. The molecule has 0 aromatic carbocycles. The molecule has 0 saturated heterocycles. The van der Waals surface area contributed by atoms with Crippen molar-refractivity contribution in [1.29, 1.82) is 0 Å². The molecule has 4 atom stereocenters. The van der Waals surface area contributed by atoms with E-state index in [-0.39, 0.29) is 36.3 Å². The Morgan fingerprint density at radius 2 is 2.04 bits per heavy atom. The number of carbonyl (C=O) groups is 1. The molecule has 0 unspecified atom stereocenters. The SMILES string of the molecule is C=C[C@@]12C(=O)C[C@H](CC(OC)OC)[C@@]1(C)CCC[C@@H]2OCOC. The number of hydrogen-bond acceptors (Lipinski definition) is 5. The molecule has 0 heterocycles. The zero-order valence-corrected chi connectivity index (χ0v) is 14.8. The van der Waals surface area contributed by atoms with Crippen LogP contribution in [0.15, 0.2) is 12.7 Å². The first-order valence-corrected chi connectivity index (χ1v) is 8.33. The molecule has 0 amide bonds. The van der Waals surface area contributed by atoms with E-state index in [1.165, 1.54) is 0 Å². The van der Waals surface area contributed by atoms with Crippen LogP contribution in [0.1, 0.15) is 39.0 Å². The van der Waals surface area contributed by atoms with Crippen molar-refractivity contribution in [2.24, 2.45) is 16.7 Å². The molecular formula is C18H30O5. The molecular weight excluding hydrogens is 296 g/mol. The number of hydrogen-bond donors (Lipinski definition) is 0. The number of carbonyl (C=O) groups excluding carboxylic acids is 1. The molecule has 2 saturated carbocycles. The summed E-state index contributed by atoms with van der Waals surface area (Å²) in [6.45, 7) is 6.43. The molecule has 2 rings (SSSR count). The first-order chi connectivity index (χ1) is 11.0. The van der Waals surface area contributed by atoms with E-state index in [1.54, 1.807) is 21.3 Å². The number of fused-ring (bicyclic) bond motifs is 1. The van der Waals surface area contributed by atoms with E-state index in [0.29, 0.717) is 12.8 Å². The molecule has 5 nitrogen and oxygen atoms in total. The van der Waals surface area contributed by atoms with Crippen molar-refractivity contribution in [3.8, 4) is 0 Å². The Hall–Kier alpha value is -0.750. The lowest BCUT2D eigenvalue weighted by Gasteiger charge is -2.51. The highest BCUT2D eigenvalue weighted by atomic mass is 16.7. The van der Waals surface area contributed by atoms with Gasteiger partial charge < -0.3 is 18.9 Å². The summed E-state index contributed by atoms with van der Waals surface area (Å²) in [5.74, 6) is 0.429. The lowest BCUT2D eigenvalue weighted by Crippen LogP contribution is -2.53. The molecule has 2 aliphatic carbocycles. The summed E-state index contributed by atoms with van der Waals surface area (Å²) in [5.41, 5.74) is -0.821. The summed E-state index contributed by atoms with van der Waals surface area (Å²) in [6, 6.07) is 0. The fraction of sp³-hybridized carbons (Fsp3) is 0.833. The molecule has 2 aliphatic rings. The van der Waals surface area contributed by atoms with Gasteiger partial charge >= 0.3 is 0 Å². The average Bonchev–Trinajstić information content (AvgIpc) is 2.78. The fourth-order valence-electron chi connectivity index (χ4n) is 4.82. The fourth-order valence-corrected chi connectivity index (χ4v) is 4.82. The van der Waals surface area contributed by atoms with Gasteiger partial charge in [0.05, 0.1) is 11.5 Å². The first-order valence-electron chi connectivity index (χ1n) is 8.33. The minimum absolute atomic E-state index is 0.167. The van der Waals surface area contributed by atoms with Gasteiger partial charge in [0, 0.05) is 34.2 Å². The average molecular weight is 326 g/mol. The predicted molar refractivity (Wildman–Crippen MR) is 86.9 cm³/mol. The summed E-state index contributed by atoms with van der Waals surface area (Å²) in [6.07, 6.45) is 5.51. The van der Waals surface area contributed by atoms with Crippen molar-refractivity contribution in [1.82, 2.24) is 0 Å². The molecule has 0 radical (unpaired) electrons. The summed E-state index contributed by atoms with van der Waals surface area (Å²) in [7, 11) is 4.88.